The topological polar surface area (TPSA) is 46.5 Å². The quantitative estimate of drug-likeness (QED) is 0.672. The van der Waals surface area contributed by atoms with Crippen molar-refractivity contribution in [1.82, 2.24) is 0 Å². The molecule has 2 aliphatic carbocycles. The maximum absolute atomic E-state index is 12.0. The third-order valence-electron chi connectivity index (χ3n) is 5.55. The Bertz CT molecular complexity index is 435. The summed E-state index contributed by atoms with van der Waals surface area (Å²) in [6, 6.07) is 0. The molecule has 3 atom stereocenters. The van der Waals surface area contributed by atoms with Crippen molar-refractivity contribution >= 4 is 5.97 Å². The van der Waals surface area contributed by atoms with Crippen LogP contribution in [0.15, 0.2) is 11.1 Å². The summed E-state index contributed by atoms with van der Waals surface area (Å²) in [7, 11) is 0. The maximum Gasteiger partial charge on any atom is 0.337 e. The van der Waals surface area contributed by atoms with Crippen molar-refractivity contribution in [2.45, 2.75) is 59.2 Å². The van der Waals surface area contributed by atoms with E-state index in [4.69, 9.17) is 4.74 Å². The number of hydrogen-bond acceptors (Lipinski definition) is 3. The van der Waals surface area contributed by atoms with Crippen LogP contribution in [0.5, 0.6) is 0 Å². The van der Waals surface area contributed by atoms with E-state index in [1.807, 2.05) is 0 Å². The zero-order valence-electron chi connectivity index (χ0n) is 11.5. The van der Waals surface area contributed by atoms with Crippen molar-refractivity contribution in [2.24, 2.45) is 16.7 Å². The number of cyclic esters (lactones) is 1. The highest BCUT2D eigenvalue weighted by Gasteiger charge is 2.55. The van der Waals surface area contributed by atoms with Gasteiger partial charge in [-0.15, -0.1) is 0 Å². The Morgan fingerprint density at radius 1 is 1.28 bits per heavy atom. The van der Waals surface area contributed by atoms with Crippen LogP contribution in [-0.4, -0.2) is 17.4 Å². The third-order valence-corrected chi connectivity index (χ3v) is 5.55. The summed E-state index contributed by atoms with van der Waals surface area (Å²) in [6.45, 7) is 6.83. The van der Waals surface area contributed by atoms with E-state index in [1.54, 1.807) is 0 Å². The lowest BCUT2D eigenvalue weighted by atomic mass is 9.50. The van der Waals surface area contributed by atoms with Crippen LogP contribution < -0.4 is 0 Å². The number of carbonyl (C=O) groups is 1. The van der Waals surface area contributed by atoms with Gasteiger partial charge < -0.3 is 9.84 Å². The number of carbonyl (C=O) groups excluding carboxylic acids is 1. The van der Waals surface area contributed by atoms with E-state index in [0.717, 1.165) is 36.8 Å². The first-order valence-corrected chi connectivity index (χ1v) is 6.99. The van der Waals surface area contributed by atoms with Crippen LogP contribution in [0.2, 0.25) is 0 Å². The van der Waals surface area contributed by atoms with E-state index in [-0.39, 0.29) is 16.8 Å². The van der Waals surface area contributed by atoms with Gasteiger partial charge in [0.25, 0.3) is 0 Å². The number of aliphatic hydroxyl groups is 1. The van der Waals surface area contributed by atoms with E-state index in [0.29, 0.717) is 5.92 Å². The lowest BCUT2D eigenvalue weighted by Crippen LogP contribution is -2.46. The minimum atomic E-state index is -0.977. The summed E-state index contributed by atoms with van der Waals surface area (Å²) in [5, 5.41) is 9.83. The smallest absolute Gasteiger partial charge is 0.337 e. The Morgan fingerprint density at radius 2 is 2.00 bits per heavy atom. The maximum atomic E-state index is 12.0. The molecule has 0 saturated heterocycles. The van der Waals surface area contributed by atoms with Crippen molar-refractivity contribution < 1.29 is 14.6 Å². The SMILES string of the molecule is CC1(C)CCC[C@]2(C)C3=C(CC[C@@H]12)C(O)OC3=O. The first kappa shape index (κ1) is 12.2. The Kier molecular flexibility index (Phi) is 2.44. The molecule has 1 heterocycles. The fourth-order valence-corrected chi connectivity index (χ4v) is 4.76. The van der Waals surface area contributed by atoms with Crippen LogP contribution in [0.3, 0.4) is 0 Å². The van der Waals surface area contributed by atoms with Crippen LogP contribution in [0.4, 0.5) is 0 Å². The summed E-state index contributed by atoms with van der Waals surface area (Å²) in [5.74, 6) is 0.248. The van der Waals surface area contributed by atoms with Gasteiger partial charge in [0, 0.05) is 16.6 Å². The van der Waals surface area contributed by atoms with Crippen molar-refractivity contribution in [3.63, 3.8) is 0 Å². The van der Waals surface area contributed by atoms with Gasteiger partial charge in [-0.2, -0.15) is 0 Å². The van der Waals surface area contributed by atoms with Gasteiger partial charge in [-0.3, -0.25) is 0 Å². The molecule has 0 radical (unpaired) electrons. The average Bonchev–Trinajstić information content (AvgIpc) is 2.54. The molecule has 1 N–H and O–H groups in total. The number of fused-ring (bicyclic) bond motifs is 2. The molecule has 100 valence electrons. The second kappa shape index (κ2) is 3.60. The van der Waals surface area contributed by atoms with Crippen molar-refractivity contribution in [1.29, 1.82) is 0 Å². The molecule has 1 unspecified atom stereocenters. The number of ether oxygens (including phenoxy) is 1. The molecule has 0 aromatic rings. The lowest BCUT2D eigenvalue weighted by molar-refractivity contribution is -0.153. The van der Waals surface area contributed by atoms with Gasteiger partial charge in [-0.25, -0.2) is 4.79 Å². The molecule has 3 nitrogen and oxygen atoms in total. The Hall–Kier alpha value is -0.830. The first-order valence-electron chi connectivity index (χ1n) is 6.99. The zero-order valence-corrected chi connectivity index (χ0v) is 11.5. The second-order valence-electron chi connectivity index (χ2n) is 7.01. The van der Waals surface area contributed by atoms with E-state index in [1.165, 1.54) is 6.42 Å². The lowest BCUT2D eigenvalue weighted by Gasteiger charge is -2.53. The van der Waals surface area contributed by atoms with Gasteiger partial charge in [0.15, 0.2) is 0 Å². The molecule has 0 spiro atoms. The highest BCUT2D eigenvalue weighted by atomic mass is 16.6. The highest BCUT2D eigenvalue weighted by Crippen LogP contribution is 2.61. The van der Waals surface area contributed by atoms with Crippen LogP contribution >= 0.6 is 0 Å². The van der Waals surface area contributed by atoms with Crippen LogP contribution in [0, 0.1) is 16.7 Å². The standard InChI is InChI=1S/C15H22O3/c1-14(2)7-4-8-15(3)10(14)6-5-9-11(15)13(17)18-12(9)16/h10,12,16H,4-8H2,1-3H3/t10-,12?,15-/m0/s1. The molecule has 3 aliphatic rings. The van der Waals surface area contributed by atoms with Crippen LogP contribution in [-0.2, 0) is 9.53 Å². The Balaban J connectivity index is 2.10. The molecule has 3 heteroatoms. The van der Waals surface area contributed by atoms with Crippen molar-refractivity contribution in [3.8, 4) is 0 Å². The first-order chi connectivity index (χ1) is 8.36. The third kappa shape index (κ3) is 1.43. The molecular weight excluding hydrogens is 228 g/mol. The number of hydrogen-bond donors (Lipinski definition) is 1. The fourth-order valence-electron chi connectivity index (χ4n) is 4.76. The minimum absolute atomic E-state index is 0.0934. The normalized spacial score (nSPS) is 42.3. The van der Waals surface area contributed by atoms with Gasteiger partial charge in [0.2, 0.25) is 6.29 Å². The fraction of sp³-hybridized carbons (Fsp3) is 0.800. The average molecular weight is 250 g/mol. The Morgan fingerprint density at radius 3 is 2.72 bits per heavy atom. The molecule has 0 bridgehead atoms. The predicted molar refractivity (Wildman–Crippen MR) is 67.6 cm³/mol. The number of aliphatic hydroxyl groups excluding tert-OH is 1. The van der Waals surface area contributed by atoms with Crippen LogP contribution in [0.1, 0.15) is 52.9 Å². The minimum Gasteiger partial charge on any atom is -0.428 e. The Labute approximate surface area is 108 Å². The second-order valence-corrected chi connectivity index (χ2v) is 7.01. The summed E-state index contributed by atoms with van der Waals surface area (Å²) in [6.07, 6.45) is 4.33. The molecule has 0 aromatic carbocycles. The largest absolute Gasteiger partial charge is 0.428 e. The van der Waals surface area contributed by atoms with Gasteiger partial charge in [0.05, 0.1) is 0 Å². The number of esters is 1. The van der Waals surface area contributed by atoms with E-state index < -0.39 is 6.29 Å². The predicted octanol–water partition coefficient (Wildman–Crippen LogP) is 2.78. The van der Waals surface area contributed by atoms with Crippen molar-refractivity contribution in [3.05, 3.63) is 11.1 Å². The van der Waals surface area contributed by atoms with Crippen molar-refractivity contribution in [2.75, 3.05) is 0 Å². The molecule has 1 aliphatic heterocycles. The zero-order chi connectivity index (χ0) is 13.1. The summed E-state index contributed by atoms with van der Waals surface area (Å²) in [5.41, 5.74) is 1.85. The van der Waals surface area contributed by atoms with Gasteiger partial charge in [-0.05, 0) is 37.0 Å². The monoisotopic (exact) mass is 250 g/mol. The van der Waals surface area contributed by atoms with Crippen LogP contribution in [0.25, 0.3) is 0 Å². The highest BCUT2D eigenvalue weighted by molar-refractivity contribution is 5.94. The molecule has 1 fully saturated rings. The summed E-state index contributed by atoms with van der Waals surface area (Å²) >= 11 is 0. The summed E-state index contributed by atoms with van der Waals surface area (Å²) < 4.78 is 5.03. The molecule has 1 saturated carbocycles. The molecule has 0 aromatic heterocycles. The van der Waals surface area contributed by atoms with Gasteiger partial charge in [-0.1, -0.05) is 27.2 Å². The molecule has 0 amide bonds. The van der Waals surface area contributed by atoms with E-state index >= 15 is 0 Å². The number of rotatable bonds is 0. The van der Waals surface area contributed by atoms with Gasteiger partial charge >= 0.3 is 5.97 Å². The summed E-state index contributed by atoms with van der Waals surface area (Å²) in [4.78, 5) is 12.0. The van der Waals surface area contributed by atoms with E-state index in [2.05, 4.69) is 20.8 Å². The molecular formula is C15H22O3. The molecule has 18 heavy (non-hydrogen) atoms. The van der Waals surface area contributed by atoms with E-state index in [9.17, 15) is 9.90 Å². The molecule has 3 rings (SSSR count). The van der Waals surface area contributed by atoms with Gasteiger partial charge in [0.1, 0.15) is 0 Å².